The van der Waals surface area contributed by atoms with Crippen LogP contribution in [-0.2, 0) is 4.79 Å². The zero-order valence-electron chi connectivity index (χ0n) is 20.1. The zero-order valence-corrected chi connectivity index (χ0v) is 20.8. The van der Waals surface area contributed by atoms with Gasteiger partial charge >= 0.3 is 5.97 Å². The lowest BCUT2D eigenvalue weighted by molar-refractivity contribution is -0.139. The fourth-order valence-corrected chi connectivity index (χ4v) is 5.92. The molecule has 1 fully saturated rings. The Hall–Kier alpha value is -3.82. The number of esters is 1. The molecule has 0 heterocycles. The van der Waals surface area contributed by atoms with Gasteiger partial charge in [-0.3, -0.25) is 4.79 Å². The fraction of sp³-hybridized carbons (Fsp3) is 0.156. The zero-order chi connectivity index (χ0) is 24.9. The first-order valence-electron chi connectivity index (χ1n) is 12.0. The minimum atomic E-state index is -0.811. The van der Waals surface area contributed by atoms with Crippen molar-refractivity contribution in [2.45, 2.75) is 18.2 Å². The Bertz CT molecular complexity index is 1610. The Labute approximate surface area is 215 Å². The molecular formula is C32H25ClO3. The summed E-state index contributed by atoms with van der Waals surface area (Å²) >= 11 is 6.71. The molecule has 0 bridgehead atoms. The standard InChI is InChI=1S/C32H25ClO3/c1-32(29(30(32)33)22-12-4-3-5-13-22)31(34)36-26-19-17-21-11-7-9-15-24(21)28(26)27-23-14-8-6-10-20(23)16-18-25(27)35-2/h3-19,29-30H,1-2H3/t29-,30-,32+/m0/s1. The quantitative estimate of drug-likeness (QED) is 0.142. The number of ether oxygens (including phenoxy) is 2. The van der Waals surface area contributed by atoms with Crippen LogP contribution in [0, 0.1) is 5.41 Å². The molecule has 1 saturated carbocycles. The van der Waals surface area contributed by atoms with Gasteiger partial charge in [0, 0.05) is 17.0 Å². The monoisotopic (exact) mass is 492 g/mol. The van der Waals surface area contributed by atoms with Crippen LogP contribution in [0.5, 0.6) is 11.5 Å². The minimum Gasteiger partial charge on any atom is -0.496 e. The highest BCUT2D eigenvalue weighted by atomic mass is 35.5. The number of rotatable bonds is 5. The van der Waals surface area contributed by atoms with Gasteiger partial charge in [0.15, 0.2) is 0 Å². The summed E-state index contributed by atoms with van der Waals surface area (Å²) in [5.74, 6) is 0.797. The fourth-order valence-electron chi connectivity index (χ4n) is 5.36. The van der Waals surface area contributed by atoms with Crippen LogP contribution in [0.25, 0.3) is 32.7 Å². The summed E-state index contributed by atoms with van der Waals surface area (Å²) in [6.45, 7) is 1.89. The Morgan fingerprint density at radius 2 is 1.25 bits per heavy atom. The molecule has 4 heteroatoms. The van der Waals surface area contributed by atoms with E-state index in [0.29, 0.717) is 5.75 Å². The van der Waals surface area contributed by atoms with Gasteiger partial charge in [0.05, 0.1) is 17.9 Å². The Kier molecular flexibility index (Phi) is 5.46. The molecule has 0 N–H and O–H groups in total. The molecule has 5 aromatic carbocycles. The molecule has 3 nitrogen and oxygen atoms in total. The molecular weight excluding hydrogens is 468 g/mol. The van der Waals surface area contributed by atoms with Crippen LogP contribution in [0.1, 0.15) is 18.4 Å². The van der Waals surface area contributed by atoms with Gasteiger partial charge in [-0.15, -0.1) is 11.6 Å². The lowest BCUT2D eigenvalue weighted by Crippen LogP contribution is -2.22. The second kappa shape index (κ2) is 8.69. The SMILES string of the molecule is COc1ccc2ccccc2c1-c1c(OC(=O)[C@@]2(C)[C@@H](Cl)[C@@H]2c2ccccc2)ccc2ccccc12. The number of fused-ring (bicyclic) bond motifs is 2. The molecule has 1 aliphatic carbocycles. The highest BCUT2D eigenvalue weighted by Crippen LogP contribution is 2.63. The van der Waals surface area contributed by atoms with E-state index in [1.54, 1.807) is 7.11 Å². The van der Waals surface area contributed by atoms with E-state index < -0.39 is 5.41 Å². The third-order valence-corrected chi connectivity index (χ3v) is 8.16. The summed E-state index contributed by atoms with van der Waals surface area (Å²) in [4.78, 5) is 13.7. The second-order valence-electron chi connectivity index (χ2n) is 9.49. The van der Waals surface area contributed by atoms with Crippen LogP contribution < -0.4 is 9.47 Å². The molecule has 1 aliphatic rings. The third kappa shape index (κ3) is 3.46. The highest BCUT2D eigenvalue weighted by Gasteiger charge is 2.67. The van der Waals surface area contributed by atoms with Crippen LogP contribution in [0.2, 0.25) is 0 Å². The van der Waals surface area contributed by atoms with Crippen molar-refractivity contribution in [3.63, 3.8) is 0 Å². The van der Waals surface area contributed by atoms with Crippen molar-refractivity contribution in [1.82, 2.24) is 0 Å². The van der Waals surface area contributed by atoms with Crippen molar-refractivity contribution < 1.29 is 14.3 Å². The average Bonchev–Trinajstić information content (AvgIpc) is 3.49. The van der Waals surface area contributed by atoms with Gasteiger partial charge in [-0.2, -0.15) is 0 Å². The predicted octanol–water partition coefficient (Wildman–Crippen LogP) is 7.99. The molecule has 0 unspecified atom stereocenters. The van der Waals surface area contributed by atoms with Crippen LogP contribution in [0.3, 0.4) is 0 Å². The van der Waals surface area contributed by atoms with E-state index in [0.717, 1.165) is 44.0 Å². The van der Waals surface area contributed by atoms with Crippen molar-refractivity contribution in [3.8, 4) is 22.6 Å². The molecule has 0 amide bonds. The minimum absolute atomic E-state index is 0.0936. The summed E-state index contributed by atoms with van der Waals surface area (Å²) in [7, 11) is 1.66. The molecule has 6 rings (SSSR count). The summed E-state index contributed by atoms with van der Waals surface area (Å²) < 4.78 is 12.1. The first-order chi connectivity index (χ1) is 17.5. The molecule has 0 saturated heterocycles. The van der Waals surface area contributed by atoms with Crippen molar-refractivity contribution in [2.75, 3.05) is 7.11 Å². The van der Waals surface area contributed by atoms with Gasteiger partial charge in [-0.25, -0.2) is 0 Å². The number of hydrogen-bond acceptors (Lipinski definition) is 3. The summed E-state index contributed by atoms with van der Waals surface area (Å²) in [5.41, 5.74) is 1.97. The van der Waals surface area contributed by atoms with Gasteiger partial charge < -0.3 is 9.47 Å². The second-order valence-corrected chi connectivity index (χ2v) is 9.96. The number of alkyl halides is 1. The number of halogens is 1. The molecule has 3 atom stereocenters. The molecule has 0 aromatic heterocycles. The Morgan fingerprint density at radius 1 is 0.722 bits per heavy atom. The van der Waals surface area contributed by atoms with E-state index in [4.69, 9.17) is 21.1 Å². The average molecular weight is 493 g/mol. The number of hydrogen-bond donors (Lipinski definition) is 0. The summed E-state index contributed by atoms with van der Waals surface area (Å²) in [5, 5.41) is 3.82. The van der Waals surface area contributed by atoms with E-state index in [2.05, 4.69) is 24.3 Å². The maximum absolute atomic E-state index is 13.7. The topological polar surface area (TPSA) is 35.5 Å². The first-order valence-corrected chi connectivity index (χ1v) is 12.5. The number of carbonyl (C=O) groups excluding carboxylic acids is 1. The highest BCUT2D eigenvalue weighted by molar-refractivity contribution is 6.27. The molecule has 178 valence electrons. The van der Waals surface area contributed by atoms with Gasteiger partial charge in [0.25, 0.3) is 0 Å². The Morgan fingerprint density at radius 3 is 1.86 bits per heavy atom. The normalized spacial score (nSPS) is 20.9. The molecule has 0 aliphatic heterocycles. The lowest BCUT2D eigenvalue weighted by atomic mass is 9.92. The van der Waals surface area contributed by atoms with Gasteiger partial charge in [-0.05, 0) is 46.2 Å². The van der Waals surface area contributed by atoms with Crippen molar-refractivity contribution in [3.05, 3.63) is 109 Å². The van der Waals surface area contributed by atoms with Crippen molar-refractivity contribution in [1.29, 1.82) is 0 Å². The smallest absolute Gasteiger partial charge is 0.319 e. The van der Waals surface area contributed by atoms with Crippen LogP contribution in [0.15, 0.2) is 103 Å². The first kappa shape index (κ1) is 22.6. The molecule has 0 spiro atoms. The number of benzene rings is 5. The third-order valence-electron chi connectivity index (χ3n) is 7.46. The maximum atomic E-state index is 13.7. The van der Waals surface area contributed by atoms with E-state index in [-0.39, 0.29) is 17.3 Å². The largest absolute Gasteiger partial charge is 0.496 e. The van der Waals surface area contributed by atoms with Crippen LogP contribution in [0.4, 0.5) is 0 Å². The predicted molar refractivity (Wildman–Crippen MR) is 146 cm³/mol. The van der Waals surface area contributed by atoms with E-state index in [1.807, 2.05) is 85.8 Å². The summed E-state index contributed by atoms with van der Waals surface area (Å²) in [6.07, 6.45) is 0. The molecule has 0 radical (unpaired) electrons. The number of carbonyl (C=O) groups is 1. The molecule has 36 heavy (non-hydrogen) atoms. The maximum Gasteiger partial charge on any atom is 0.319 e. The van der Waals surface area contributed by atoms with Gasteiger partial charge in [-0.1, -0.05) is 91.0 Å². The summed E-state index contributed by atoms with van der Waals surface area (Å²) in [6, 6.07) is 34.1. The molecule has 5 aromatic rings. The van der Waals surface area contributed by atoms with Gasteiger partial charge in [0.1, 0.15) is 11.5 Å². The Balaban J connectivity index is 1.51. The lowest BCUT2D eigenvalue weighted by Gasteiger charge is -2.19. The van der Waals surface area contributed by atoms with Crippen molar-refractivity contribution >= 4 is 39.1 Å². The van der Waals surface area contributed by atoms with E-state index in [1.165, 1.54) is 0 Å². The van der Waals surface area contributed by atoms with Crippen LogP contribution in [-0.4, -0.2) is 18.5 Å². The van der Waals surface area contributed by atoms with Crippen LogP contribution >= 0.6 is 11.6 Å². The van der Waals surface area contributed by atoms with Crippen molar-refractivity contribution in [2.24, 2.45) is 5.41 Å². The van der Waals surface area contributed by atoms with E-state index in [9.17, 15) is 4.79 Å². The van der Waals surface area contributed by atoms with Gasteiger partial charge in [0.2, 0.25) is 0 Å². The van der Waals surface area contributed by atoms with E-state index >= 15 is 0 Å². The number of methoxy groups -OCH3 is 1.